The zero-order valence-electron chi connectivity index (χ0n) is 21.3. The van der Waals surface area contributed by atoms with E-state index in [1.165, 1.54) is 10.5 Å². The minimum absolute atomic E-state index is 0.00617. The third kappa shape index (κ3) is 10.1. The molecule has 3 N–H and O–H groups in total. The maximum atomic E-state index is 12.1. The number of amides is 3. The Bertz CT molecular complexity index is 953. The fourth-order valence-electron chi connectivity index (χ4n) is 3.49. The molecule has 35 heavy (non-hydrogen) atoms. The van der Waals surface area contributed by atoms with E-state index in [-0.39, 0.29) is 5.91 Å². The highest BCUT2D eigenvalue weighted by Crippen LogP contribution is 2.22. The van der Waals surface area contributed by atoms with Gasteiger partial charge in [0.05, 0.1) is 14.2 Å². The van der Waals surface area contributed by atoms with E-state index < -0.39 is 6.03 Å². The van der Waals surface area contributed by atoms with Crippen molar-refractivity contribution in [2.45, 2.75) is 25.7 Å². The monoisotopic (exact) mass is 482 g/mol. The van der Waals surface area contributed by atoms with Crippen molar-refractivity contribution in [2.24, 2.45) is 5.73 Å². The molecule has 190 valence electrons. The maximum Gasteiger partial charge on any atom is 0.318 e. The first kappa shape index (κ1) is 27.7. The minimum Gasteiger partial charge on any atom is -0.497 e. The Morgan fingerprint density at radius 2 is 1.63 bits per heavy atom. The van der Waals surface area contributed by atoms with Crippen LogP contribution >= 0.6 is 0 Å². The van der Waals surface area contributed by atoms with E-state index in [1.54, 1.807) is 21.3 Å². The molecule has 2 aromatic rings. The summed E-state index contributed by atoms with van der Waals surface area (Å²) in [5, 5.41) is 2.97. The van der Waals surface area contributed by atoms with E-state index in [2.05, 4.69) is 17.3 Å². The van der Waals surface area contributed by atoms with Crippen molar-refractivity contribution >= 4 is 23.7 Å². The Balaban J connectivity index is 1.60. The normalized spacial score (nSPS) is 11.0. The molecule has 0 aliphatic rings. The van der Waals surface area contributed by atoms with Crippen LogP contribution in [0.1, 0.15) is 30.4 Å². The lowest BCUT2D eigenvalue weighted by Crippen LogP contribution is -2.31. The van der Waals surface area contributed by atoms with Crippen LogP contribution in [0.25, 0.3) is 6.08 Å². The molecule has 3 amide bonds. The van der Waals surface area contributed by atoms with Crippen LogP contribution in [-0.4, -0.2) is 64.8 Å². The van der Waals surface area contributed by atoms with E-state index in [0.717, 1.165) is 55.1 Å². The molecule has 0 saturated heterocycles. The molecule has 0 heterocycles. The standard InChI is InChI=1S/C27H38N4O4/c1-30(17-14-22-18-24(34-3)20-25(19-22)35-4)16-6-5-15-29-26(32)9-7-8-21-10-12-23(13-11-21)31(2)27(28)33/h7-8,10-13,18-20H,5-6,9,14-17H2,1-4H3,(H2,28,33)(H,29,32). The van der Waals surface area contributed by atoms with E-state index in [9.17, 15) is 9.59 Å². The number of hydrogen-bond donors (Lipinski definition) is 2. The Morgan fingerprint density at radius 3 is 2.23 bits per heavy atom. The third-order valence-corrected chi connectivity index (χ3v) is 5.71. The second-order valence-electron chi connectivity index (χ2n) is 8.43. The molecule has 0 bridgehead atoms. The van der Waals surface area contributed by atoms with Crippen molar-refractivity contribution in [1.29, 1.82) is 0 Å². The van der Waals surface area contributed by atoms with E-state index in [0.29, 0.717) is 13.0 Å². The lowest BCUT2D eigenvalue weighted by Gasteiger charge is -2.17. The second kappa shape index (κ2) is 14.7. The number of urea groups is 1. The molecule has 0 unspecified atom stereocenters. The number of anilines is 1. The number of nitrogens with two attached hydrogens (primary N) is 1. The molecule has 0 radical (unpaired) electrons. The summed E-state index contributed by atoms with van der Waals surface area (Å²) in [6.07, 6.45) is 6.91. The first-order chi connectivity index (χ1) is 16.8. The highest BCUT2D eigenvalue weighted by molar-refractivity contribution is 5.90. The predicted octanol–water partition coefficient (Wildman–Crippen LogP) is 3.69. The van der Waals surface area contributed by atoms with Crippen LogP contribution in [0.15, 0.2) is 48.5 Å². The second-order valence-corrected chi connectivity index (χ2v) is 8.43. The summed E-state index contributed by atoms with van der Waals surface area (Å²) in [4.78, 5) is 26.9. The van der Waals surface area contributed by atoms with Crippen molar-refractivity contribution in [2.75, 3.05) is 52.8 Å². The lowest BCUT2D eigenvalue weighted by atomic mass is 10.1. The topological polar surface area (TPSA) is 97.1 Å². The first-order valence-corrected chi connectivity index (χ1v) is 11.8. The van der Waals surface area contributed by atoms with Gasteiger partial charge in [-0.3, -0.25) is 9.69 Å². The first-order valence-electron chi connectivity index (χ1n) is 11.8. The smallest absolute Gasteiger partial charge is 0.318 e. The van der Waals surface area contributed by atoms with Gasteiger partial charge in [-0.2, -0.15) is 0 Å². The number of rotatable bonds is 14. The molecule has 0 atom stereocenters. The van der Waals surface area contributed by atoms with Crippen molar-refractivity contribution in [3.05, 3.63) is 59.7 Å². The molecule has 0 aliphatic carbocycles. The summed E-state index contributed by atoms with van der Waals surface area (Å²) in [6.45, 7) is 2.58. The minimum atomic E-state index is -0.508. The molecule has 0 fully saturated rings. The van der Waals surface area contributed by atoms with Gasteiger partial charge in [0, 0.05) is 38.3 Å². The van der Waals surface area contributed by atoms with Gasteiger partial charge in [-0.15, -0.1) is 0 Å². The molecule has 0 aliphatic heterocycles. The van der Waals surface area contributed by atoms with Crippen LogP contribution in [0.3, 0.4) is 0 Å². The lowest BCUT2D eigenvalue weighted by molar-refractivity contribution is -0.120. The van der Waals surface area contributed by atoms with Gasteiger partial charge < -0.3 is 25.4 Å². The van der Waals surface area contributed by atoms with Crippen LogP contribution in [-0.2, 0) is 11.2 Å². The summed E-state index contributed by atoms with van der Waals surface area (Å²) in [5.74, 6) is 1.61. The predicted molar refractivity (Wildman–Crippen MR) is 141 cm³/mol. The molecular formula is C27H38N4O4. The Morgan fingerprint density at radius 1 is 0.971 bits per heavy atom. The molecule has 8 heteroatoms. The van der Waals surface area contributed by atoms with E-state index >= 15 is 0 Å². The Labute approximate surface area is 208 Å². The van der Waals surface area contributed by atoms with Gasteiger partial charge in [-0.25, -0.2) is 4.79 Å². The van der Waals surface area contributed by atoms with E-state index in [1.807, 2.05) is 54.6 Å². The van der Waals surface area contributed by atoms with Crippen molar-refractivity contribution < 1.29 is 19.1 Å². The van der Waals surface area contributed by atoms with Crippen molar-refractivity contribution in [3.63, 3.8) is 0 Å². The number of nitrogens with one attached hydrogen (secondary N) is 1. The average Bonchev–Trinajstić information content (AvgIpc) is 2.86. The number of carbonyl (C=O) groups excluding carboxylic acids is 2. The number of hydrogen-bond acceptors (Lipinski definition) is 5. The third-order valence-electron chi connectivity index (χ3n) is 5.71. The highest BCUT2D eigenvalue weighted by Gasteiger charge is 2.06. The van der Waals surface area contributed by atoms with Gasteiger partial charge >= 0.3 is 6.03 Å². The summed E-state index contributed by atoms with van der Waals surface area (Å²) in [7, 11) is 7.05. The van der Waals surface area contributed by atoms with Gasteiger partial charge in [0.1, 0.15) is 11.5 Å². The largest absolute Gasteiger partial charge is 0.497 e. The molecule has 0 saturated carbocycles. The van der Waals surface area contributed by atoms with Crippen molar-refractivity contribution in [3.8, 4) is 11.5 Å². The molecule has 2 aromatic carbocycles. The number of nitrogens with zero attached hydrogens (tertiary/aromatic N) is 2. The number of primary amides is 1. The van der Waals surface area contributed by atoms with Gasteiger partial charge in [0.15, 0.2) is 0 Å². The van der Waals surface area contributed by atoms with Crippen LogP contribution in [0.5, 0.6) is 11.5 Å². The van der Waals surface area contributed by atoms with Gasteiger partial charge in [0.2, 0.25) is 5.91 Å². The Hall–Kier alpha value is -3.52. The number of carbonyl (C=O) groups is 2. The van der Waals surface area contributed by atoms with E-state index in [4.69, 9.17) is 15.2 Å². The number of unbranched alkanes of at least 4 members (excludes halogenated alkanes) is 1. The van der Waals surface area contributed by atoms with Crippen LogP contribution in [0.2, 0.25) is 0 Å². The number of likely N-dealkylation sites (N-methyl/N-ethyl adjacent to an activating group) is 1. The zero-order chi connectivity index (χ0) is 25.6. The fraction of sp³-hybridized carbons (Fsp3) is 0.407. The number of ether oxygens (including phenoxy) is 2. The van der Waals surface area contributed by atoms with Gasteiger partial charge in [-0.05, 0) is 68.2 Å². The molecule has 0 aromatic heterocycles. The Kier molecular flexibility index (Phi) is 11.6. The summed E-state index contributed by atoms with van der Waals surface area (Å²) >= 11 is 0. The highest BCUT2D eigenvalue weighted by atomic mass is 16.5. The molecule has 8 nitrogen and oxygen atoms in total. The number of benzene rings is 2. The summed E-state index contributed by atoms with van der Waals surface area (Å²) in [5.41, 5.74) is 8.12. The zero-order valence-corrected chi connectivity index (χ0v) is 21.3. The summed E-state index contributed by atoms with van der Waals surface area (Å²) < 4.78 is 10.7. The molecule has 2 rings (SSSR count). The average molecular weight is 483 g/mol. The van der Waals surface area contributed by atoms with Crippen LogP contribution in [0, 0.1) is 0 Å². The quantitative estimate of drug-likeness (QED) is 0.400. The SMILES string of the molecule is COc1cc(CCN(C)CCCCNC(=O)CC=Cc2ccc(N(C)C(N)=O)cc2)cc(OC)c1. The summed E-state index contributed by atoms with van der Waals surface area (Å²) in [6, 6.07) is 12.8. The molecule has 0 spiro atoms. The number of methoxy groups -OCH3 is 2. The van der Waals surface area contributed by atoms with Crippen LogP contribution < -0.4 is 25.4 Å². The fourth-order valence-corrected chi connectivity index (χ4v) is 3.49. The van der Waals surface area contributed by atoms with Crippen molar-refractivity contribution in [1.82, 2.24) is 10.2 Å². The molecular weight excluding hydrogens is 444 g/mol. The van der Waals surface area contributed by atoms with Gasteiger partial charge in [-0.1, -0.05) is 24.3 Å². The van der Waals surface area contributed by atoms with Gasteiger partial charge in [0.25, 0.3) is 0 Å². The van der Waals surface area contributed by atoms with Crippen LogP contribution in [0.4, 0.5) is 10.5 Å². The maximum absolute atomic E-state index is 12.1.